The summed E-state index contributed by atoms with van der Waals surface area (Å²) < 4.78 is 0. The van der Waals surface area contributed by atoms with E-state index in [-0.39, 0.29) is 23.5 Å². The third-order valence-corrected chi connectivity index (χ3v) is 4.45. The summed E-state index contributed by atoms with van der Waals surface area (Å²) >= 11 is 0. The van der Waals surface area contributed by atoms with Crippen LogP contribution in [0.1, 0.15) is 26.2 Å². The zero-order valence-electron chi connectivity index (χ0n) is 12.4. The lowest BCUT2D eigenvalue weighted by atomic mass is 9.79. The van der Waals surface area contributed by atoms with Gasteiger partial charge < -0.3 is 20.2 Å². The van der Waals surface area contributed by atoms with Crippen LogP contribution in [0, 0.1) is 5.41 Å². The van der Waals surface area contributed by atoms with E-state index in [0.29, 0.717) is 13.0 Å². The highest BCUT2D eigenvalue weighted by molar-refractivity contribution is 5.83. The number of likely N-dealkylation sites (tertiary alicyclic amines) is 1. The number of carbonyl (C=O) groups excluding carboxylic acids is 1. The third kappa shape index (κ3) is 3.27. The Labute approximate surface area is 115 Å². The molecule has 2 aliphatic heterocycles. The second-order valence-electron chi connectivity index (χ2n) is 6.57. The second kappa shape index (κ2) is 5.77. The van der Waals surface area contributed by atoms with Crippen LogP contribution in [0.4, 0.5) is 0 Å². The van der Waals surface area contributed by atoms with Gasteiger partial charge in [0.1, 0.15) is 0 Å². The monoisotopic (exact) mass is 269 g/mol. The Kier molecular flexibility index (Phi) is 4.48. The quantitative estimate of drug-likeness (QED) is 0.751. The Balaban J connectivity index is 2.07. The molecule has 0 aliphatic carbocycles. The number of aliphatic hydroxyl groups excluding tert-OH is 1. The van der Waals surface area contributed by atoms with Crippen LogP contribution in [0.2, 0.25) is 0 Å². The fourth-order valence-electron chi connectivity index (χ4n) is 3.27. The SMILES string of the molecule is CN(C)CC1CC(O)CN1C(=O)C1(C)CCNCC1. The summed E-state index contributed by atoms with van der Waals surface area (Å²) in [6.45, 7) is 5.24. The molecule has 2 N–H and O–H groups in total. The highest BCUT2D eigenvalue weighted by Crippen LogP contribution is 2.33. The topological polar surface area (TPSA) is 55.8 Å². The lowest BCUT2D eigenvalue weighted by Crippen LogP contribution is -2.51. The summed E-state index contributed by atoms with van der Waals surface area (Å²) in [6.07, 6.45) is 2.14. The van der Waals surface area contributed by atoms with Gasteiger partial charge in [0, 0.05) is 24.5 Å². The zero-order valence-corrected chi connectivity index (χ0v) is 12.4. The Morgan fingerprint density at radius 3 is 2.63 bits per heavy atom. The number of hydrogen-bond acceptors (Lipinski definition) is 4. The molecule has 0 bridgehead atoms. The average Bonchev–Trinajstić information content (AvgIpc) is 2.69. The highest BCUT2D eigenvalue weighted by Gasteiger charge is 2.43. The van der Waals surface area contributed by atoms with Crippen molar-refractivity contribution in [3.8, 4) is 0 Å². The number of aliphatic hydroxyl groups is 1. The maximum absolute atomic E-state index is 12.8. The Bertz CT molecular complexity index is 327. The number of nitrogens with zero attached hydrogens (tertiary/aromatic N) is 2. The maximum atomic E-state index is 12.8. The molecule has 0 radical (unpaired) electrons. The van der Waals surface area contributed by atoms with Gasteiger partial charge in [0.05, 0.1) is 6.10 Å². The number of likely N-dealkylation sites (N-methyl/N-ethyl adjacent to an activating group) is 1. The van der Waals surface area contributed by atoms with Crippen molar-refractivity contribution in [2.24, 2.45) is 5.41 Å². The first kappa shape index (κ1) is 14.8. The van der Waals surface area contributed by atoms with Gasteiger partial charge in [-0.05, 0) is 46.4 Å². The molecule has 5 heteroatoms. The van der Waals surface area contributed by atoms with Crippen LogP contribution in [-0.2, 0) is 4.79 Å². The second-order valence-corrected chi connectivity index (χ2v) is 6.57. The lowest BCUT2D eigenvalue weighted by Gasteiger charge is -2.38. The van der Waals surface area contributed by atoms with Gasteiger partial charge >= 0.3 is 0 Å². The van der Waals surface area contributed by atoms with E-state index in [9.17, 15) is 9.90 Å². The van der Waals surface area contributed by atoms with Crippen molar-refractivity contribution in [2.45, 2.75) is 38.3 Å². The number of amides is 1. The number of carbonyl (C=O) groups is 1. The molecular formula is C14H27N3O2. The Hall–Kier alpha value is -0.650. The Morgan fingerprint density at radius 2 is 2.05 bits per heavy atom. The van der Waals surface area contributed by atoms with Crippen LogP contribution >= 0.6 is 0 Å². The molecule has 5 nitrogen and oxygen atoms in total. The molecule has 19 heavy (non-hydrogen) atoms. The smallest absolute Gasteiger partial charge is 0.228 e. The largest absolute Gasteiger partial charge is 0.391 e. The predicted molar refractivity (Wildman–Crippen MR) is 74.9 cm³/mol. The minimum Gasteiger partial charge on any atom is -0.391 e. The first-order chi connectivity index (χ1) is 8.92. The molecule has 2 fully saturated rings. The van der Waals surface area contributed by atoms with E-state index >= 15 is 0 Å². The molecule has 0 saturated carbocycles. The van der Waals surface area contributed by atoms with E-state index in [1.54, 1.807) is 0 Å². The van der Waals surface area contributed by atoms with Crippen LogP contribution < -0.4 is 5.32 Å². The molecule has 1 amide bonds. The molecule has 0 aromatic rings. The number of β-amino-alcohol motifs (C(OH)–C–C–N with tert-alkyl or cyclic N) is 1. The molecule has 2 saturated heterocycles. The van der Waals surface area contributed by atoms with Crippen molar-refractivity contribution in [3.05, 3.63) is 0 Å². The predicted octanol–water partition coefficient (Wildman–Crippen LogP) is -0.100. The molecule has 0 aromatic heterocycles. The van der Waals surface area contributed by atoms with Gasteiger partial charge in [0.2, 0.25) is 5.91 Å². The average molecular weight is 269 g/mol. The van der Waals surface area contributed by atoms with E-state index in [0.717, 1.165) is 32.5 Å². The molecule has 110 valence electrons. The standard InChI is InChI=1S/C14H27N3O2/c1-14(4-6-15-7-5-14)13(19)17-10-12(18)8-11(17)9-16(2)3/h11-12,15,18H,4-10H2,1-3H3. The molecular weight excluding hydrogens is 242 g/mol. The highest BCUT2D eigenvalue weighted by atomic mass is 16.3. The van der Waals surface area contributed by atoms with E-state index < -0.39 is 0 Å². The van der Waals surface area contributed by atoms with Crippen LogP contribution in [0.25, 0.3) is 0 Å². The molecule has 2 aliphatic rings. The van der Waals surface area contributed by atoms with E-state index in [1.165, 1.54) is 0 Å². The summed E-state index contributed by atoms with van der Waals surface area (Å²) in [5.74, 6) is 0.234. The number of nitrogens with one attached hydrogen (secondary N) is 1. The fourth-order valence-corrected chi connectivity index (χ4v) is 3.27. The minimum atomic E-state index is -0.362. The summed E-state index contributed by atoms with van der Waals surface area (Å²) in [4.78, 5) is 16.8. The van der Waals surface area contributed by atoms with Gasteiger partial charge in [-0.2, -0.15) is 0 Å². The van der Waals surface area contributed by atoms with Crippen LogP contribution in [0.15, 0.2) is 0 Å². The first-order valence-corrected chi connectivity index (χ1v) is 7.27. The van der Waals surface area contributed by atoms with E-state index in [1.807, 2.05) is 19.0 Å². The molecule has 2 heterocycles. The maximum Gasteiger partial charge on any atom is 0.228 e. The Morgan fingerprint density at radius 1 is 1.42 bits per heavy atom. The van der Waals surface area contributed by atoms with Crippen molar-refractivity contribution >= 4 is 5.91 Å². The van der Waals surface area contributed by atoms with Gasteiger partial charge in [-0.15, -0.1) is 0 Å². The van der Waals surface area contributed by atoms with Gasteiger partial charge in [0.25, 0.3) is 0 Å². The van der Waals surface area contributed by atoms with Crippen molar-refractivity contribution in [2.75, 3.05) is 40.3 Å². The van der Waals surface area contributed by atoms with Crippen molar-refractivity contribution < 1.29 is 9.90 Å². The molecule has 2 unspecified atom stereocenters. The first-order valence-electron chi connectivity index (χ1n) is 7.27. The number of hydrogen-bond donors (Lipinski definition) is 2. The number of piperidine rings is 1. The number of rotatable bonds is 3. The lowest BCUT2D eigenvalue weighted by molar-refractivity contribution is -0.144. The fraction of sp³-hybridized carbons (Fsp3) is 0.929. The molecule has 0 aromatic carbocycles. The van der Waals surface area contributed by atoms with Crippen LogP contribution in [-0.4, -0.2) is 73.2 Å². The van der Waals surface area contributed by atoms with Crippen LogP contribution in [0.5, 0.6) is 0 Å². The molecule has 2 atom stereocenters. The van der Waals surface area contributed by atoms with Crippen LogP contribution in [0.3, 0.4) is 0 Å². The summed E-state index contributed by atoms with van der Waals surface area (Å²) in [7, 11) is 4.03. The normalized spacial score (nSPS) is 30.9. The zero-order chi connectivity index (χ0) is 14.0. The summed E-state index contributed by atoms with van der Waals surface area (Å²) in [5, 5.41) is 13.2. The van der Waals surface area contributed by atoms with Crippen molar-refractivity contribution in [3.63, 3.8) is 0 Å². The van der Waals surface area contributed by atoms with Gasteiger partial charge in [-0.25, -0.2) is 0 Å². The van der Waals surface area contributed by atoms with Gasteiger partial charge in [-0.1, -0.05) is 6.92 Å². The molecule has 0 spiro atoms. The molecule has 2 rings (SSSR count). The van der Waals surface area contributed by atoms with Gasteiger partial charge in [-0.3, -0.25) is 4.79 Å². The minimum absolute atomic E-state index is 0.157. The summed E-state index contributed by atoms with van der Waals surface area (Å²) in [6, 6.07) is 0.157. The summed E-state index contributed by atoms with van der Waals surface area (Å²) in [5.41, 5.74) is -0.250. The van der Waals surface area contributed by atoms with Crippen molar-refractivity contribution in [1.82, 2.24) is 15.1 Å². The van der Waals surface area contributed by atoms with E-state index in [4.69, 9.17) is 0 Å². The van der Waals surface area contributed by atoms with Gasteiger partial charge in [0.15, 0.2) is 0 Å². The van der Waals surface area contributed by atoms with Crippen molar-refractivity contribution in [1.29, 1.82) is 0 Å². The van der Waals surface area contributed by atoms with E-state index in [2.05, 4.69) is 17.1 Å². The third-order valence-electron chi connectivity index (χ3n) is 4.45.